The molecule has 112 valence electrons. The van der Waals surface area contributed by atoms with Gasteiger partial charge < -0.3 is 5.11 Å². The molecule has 0 atom stereocenters. The molecular formula is C16H12BrNO3S. The summed E-state index contributed by atoms with van der Waals surface area (Å²) in [5.41, 5.74) is 1.04. The predicted octanol–water partition coefficient (Wildman–Crippen LogP) is 3.63. The summed E-state index contributed by atoms with van der Waals surface area (Å²) in [6.45, 7) is 0. The molecule has 0 aliphatic rings. The third kappa shape index (κ3) is 4.20. The maximum Gasteiger partial charge on any atom is 0.192 e. The summed E-state index contributed by atoms with van der Waals surface area (Å²) in [5, 5.41) is 18.6. The Morgan fingerprint density at radius 3 is 2.59 bits per heavy atom. The number of hydrogen-bond donors (Lipinski definition) is 1. The van der Waals surface area contributed by atoms with Crippen molar-refractivity contribution in [3.63, 3.8) is 0 Å². The van der Waals surface area contributed by atoms with E-state index in [1.165, 1.54) is 18.2 Å². The number of rotatable bonds is 4. The number of halogens is 1. The molecule has 0 aromatic heterocycles. The fraction of sp³-hybridized carbons (Fsp3) is 0.0625. The highest BCUT2D eigenvalue weighted by molar-refractivity contribution is 9.10. The van der Waals surface area contributed by atoms with E-state index in [2.05, 4.69) is 15.9 Å². The number of aromatic hydroxyl groups is 1. The van der Waals surface area contributed by atoms with Crippen LogP contribution in [0.4, 0.5) is 0 Å². The van der Waals surface area contributed by atoms with Crippen LogP contribution < -0.4 is 0 Å². The van der Waals surface area contributed by atoms with E-state index in [-0.39, 0.29) is 16.4 Å². The van der Waals surface area contributed by atoms with Gasteiger partial charge in [0.05, 0.1) is 5.75 Å². The summed E-state index contributed by atoms with van der Waals surface area (Å²) in [6.07, 6.45) is 1.26. The maximum atomic E-state index is 12.4. The molecule has 0 bridgehead atoms. The monoisotopic (exact) mass is 377 g/mol. The van der Waals surface area contributed by atoms with Crippen LogP contribution >= 0.6 is 15.9 Å². The average Bonchev–Trinajstić information content (AvgIpc) is 2.44. The Hall–Kier alpha value is -2.10. The van der Waals surface area contributed by atoms with Crippen LogP contribution in [0.25, 0.3) is 6.08 Å². The van der Waals surface area contributed by atoms with Gasteiger partial charge in [-0.1, -0.05) is 40.2 Å². The molecule has 2 aromatic carbocycles. The maximum absolute atomic E-state index is 12.4. The molecule has 0 saturated heterocycles. The van der Waals surface area contributed by atoms with E-state index in [0.29, 0.717) is 11.1 Å². The van der Waals surface area contributed by atoms with E-state index in [1.807, 2.05) is 0 Å². The topological polar surface area (TPSA) is 78.2 Å². The van der Waals surface area contributed by atoms with Crippen LogP contribution in [-0.4, -0.2) is 13.5 Å². The van der Waals surface area contributed by atoms with E-state index < -0.39 is 9.84 Å². The number of benzene rings is 2. The molecule has 1 N–H and O–H groups in total. The lowest BCUT2D eigenvalue weighted by Crippen LogP contribution is -2.06. The summed E-state index contributed by atoms with van der Waals surface area (Å²) in [4.78, 5) is -0.335. The Morgan fingerprint density at radius 2 is 1.95 bits per heavy atom. The molecule has 2 rings (SSSR count). The van der Waals surface area contributed by atoms with Crippen molar-refractivity contribution in [2.45, 2.75) is 5.75 Å². The fourth-order valence-corrected chi connectivity index (χ4v) is 3.56. The van der Waals surface area contributed by atoms with Crippen molar-refractivity contribution in [2.75, 3.05) is 0 Å². The second-order valence-corrected chi connectivity index (χ2v) is 7.48. The van der Waals surface area contributed by atoms with Gasteiger partial charge >= 0.3 is 0 Å². The number of nitrogens with zero attached hydrogens (tertiary/aromatic N) is 1. The minimum atomic E-state index is -3.76. The number of phenolic OH excluding ortho intramolecular Hbond substituents is 1. The molecule has 0 fully saturated rings. The van der Waals surface area contributed by atoms with Gasteiger partial charge in [0, 0.05) is 4.47 Å². The summed E-state index contributed by atoms with van der Waals surface area (Å²) < 4.78 is 25.5. The Kier molecular flexibility index (Phi) is 5.01. The fourth-order valence-electron chi connectivity index (χ4n) is 1.88. The standard InChI is InChI=1S/C16H12BrNO3S/c17-14-5-1-4-13(7-14)11-22(20,21)16(10-18)9-12-3-2-6-15(19)8-12/h1-9,19H,11H2. The van der Waals surface area contributed by atoms with E-state index in [0.717, 1.165) is 4.47 Å². The molecule has 6 heteroatoms. The van der Waals surface area contributed by atoms with Crippen molar-refractivity contribution >= 4 is 31.8 Å². The van der Waals surface area contributed by atoms with Gasteiger partial charge in [-0.2, -0.15) is 5.26 Å². The van der Waals surface area contributed by atoms with Gasteiger partial charge in [0.15, 0.2) is 9.84 Å². The minimum absolute atomic E-state index is 0.00966. The Labute approximate surface area is 137 Å². The van der Waals surface area contributed by atoms with Gasteiger partial charge in [-0.15, -0.1) is 0 Å². The van der Waals surface area contributed by atoms with Crippen LogP contribution in [0.5, 0.6) is 5.75 Å². The predicted molar refractivity (Wildman–Crippen MR) is 88.5 cm³/mol. The Morgan fingerprint density at radius 1 is 1.23 bits per heavy atom. The Bertz CT molecular complexity index is 867. The molecule has 22 heavy (non-hydrogen) atoms. The highest BCUT2D eigenvalue weighted by atomic mass is 79.9. The van der Waals surface area contributed by atoms with E-state index in [4.69, 9.17) is 5.26 Å². The highest BCUT2D eigenvalue weighted by Gasteiger charge is 2.18. The molecular weight excluding hydrogens is 366 g/mol. The average molecular weight is 378 g/mol. The zero-order valence-electron chi connectivity index (χ0n) is 11.4. The van der Waals surface area contributed by atoms with Crippen molar-refractivity contribution in [3.05, 3.63) is 69.0 Å². The quantitative estimate of drug-likeness (QED) is 0.824. The third-order valence-electron chi connectivity index (χ3n) is 2.86. The van der Waals surface area contributed by atoms with E-state index in [1.54, 1.807) is 42.5 Å². The lowest BCUT2D eigenvalue weighted by Gasteiger charge is -2.04. The molecule has 0 aliphatic heterocycles. The van der Waals surface area contributed by atoms with Crippen molar-refractivity contribution in [1.82, 2.24) is 0 Å². The first-order valence-corrected chi connectivity index (χ1v) is 8.73. The summed E-state index contributed by atoms with van der Waals surface area (Å²) in [5.74, 6) is -0.250. The van der Waals surface area contributed by atoms with E-state index >= 15 is 0 Å². The van der Waals surface area contributed by atoms with Crippen LogP contribution in [-0.2, 0) is 15.6 Å². The van der Waals surface area contributed by atoms with Crippen molar-refractivity contribution in [3.8, 4) is 11.8 Å². The first-order chi connectivity index (χ1) is 10.4. The third-order valence-corrected chi connectivity index (χ3v) is 4.94. The summed E-state index contributed by atoms with van der Waals surface area (Å²) in [6, 6.07) is 14.7. The van der Waals surface area contributed by atoms with Crippen LogP contribution in [0.3, 0.4) is 0 Å². The molecule has 0 saturated carbocycles. The lowest BCUT2D eigenvalue weighted by atomic mass is 10.2. The van der Waals surface area contributed by atoms with E-state index in [9.17, 15) is 13.5 Å². The van der Waals surface area contributed by atoms with Gasteiger partial charge in [0.2, 0.25) is 0 Å². The van der Waals surface area contributed by atoms with Crippen molar-refractivity contribution in [1.29, 1.82) is 5.26 Å². The molecule has 4 nitrogen and oxygen atoms in total. The number of allylic oxidation sites excluding steroid dienone is 1. The second-order valence-electron chi connectivity index (χ2n) is 4.60. The number of sulfone groups is 1. The van der Waals surface area contributed by atoms with Crippen LogP contribution in [0, 0.1) is 11.3 Å². The number of hydrogen-bond acceptors (Lipinski definition) is 4. The minimum Gasteiger partial charge on any atom is -0.508 e. The molecule has 0 unspecified atom stereocenters. The van der Waals surface area contributed by atoms with Gasteiger partial charge in [0.1, 0.15) is 16.7 Å². The molecule has 0 heterocycles. The largest absolute Gasteiger partial charge is 0.508 e. The molecule has 2 aromatic rings. The normalized spacial score (nSPS) is 11.9. The van der Waals surface area contributed by atoms with Crippen molar-refractivity contribution in [2.24, 2.45) is 0 Å². The van der Waals surface area contributed by atoms with Crippen molar-refractivity contribution < 1.29 is 13.5 Å². The number of nitriles is 1. The Balaban J connectivity index is 2.35. The van der Waals surface area contributed by atoms with Gasteiger partial charge in [-0.25, -0.2) is 8.42 Å². The molecule has 0 amide bonds. The summed E-state index contributed by atoms with van der Waals surface area (Å²) in [7, 11) is -3.76. The van der Waals surface area contributed by atoms with Crippen LogP contribution in [0.1, 0.15) is 11.1 Å². The first kappa shape index (κ1) is 16.3. The number of phenols is 1. The van der Waals surface area contributed by atoms with Crippen LogP contribution in [0.15, 0.2) is 57.9 Å². The van der Waals surface area contributed by atoms with Crippen LogP contribution in [0.2, 0.25) is 0 Å². The highest BCUT2D eigenvalue weighted by Crippen LogP contribution is 2.21. The summed E-state index contributed by atoms with van der Waals surface area (Å²) >= 11 is 3.28. The van der Waals surface area contributed by atoms with Gasteiger partial charge in [0.25, 0.3) is 0 Å². The lowest BCUT2D eigenvalue weighted by molar-refractivity contribution is 0.475. The first-order valence-electron chi connectivity index (χ1n) is 6.29. The van der Waals surface area contributed by atoms with Gasteiger partial charge in [-0.05, 0) is 41.5 Å². The SMILES string of the molecule is N#CC(=Cc1cccc(O)c1)S(=O)(=O)Cc1cccc(Br)c1. The zero-order chi connectivity index (χ0) is 16.2. The van der Waals surface area contributed by atoms with Gasteiger partial charge in [-0.3, -0.25) is 0 Å². The second kappa shape index (κ2) is 6.77. The molecule has 0 radical (unpaired) electrons. The molecule has 0 spiro atoms. The zero-order valence-corrected chi connectivity index (χ0v) is 13.8. The smallest absolute Gasteiger partial charge is 0.192 e. The molecule has 0 aliphatic carbocycles.